The maximum Gasteiger partial charge on any atom is 0.118 e. The largest absolute Gasteiger partial charge is 0.497 e. The number of ether oxygens (including phenoxy) is 2. The molecule has 0 aromatic heterocycles. The molecule has 5 nitrogen and oxygen atoms in total. The maximum atomic E-state index is 9.58. The molecule has 2 atom stereocenters. The molecule has 0 radical (unpaired) electrons. The van der Waals surface area contributed by atoms with Gasteiger partial charge >= 0.3 is 0 Å². The zero-order valence-electron chi connectivity index (χ0n) is 10.7. The monoisotopic (exact) mass is 256 g/mol. The van der Waals surface area contributed by atoms with Gasteiger partial charge in [-0.3, -0.25) is 0 Å². The topological polar surface area (TPSA) is 79.2 Å². The van der Waals surface area contributed by atoms with Crippen LogP contribution in [0.5, 0.6) is 5.75 Å². The molecule has 0 bridgehead atoms. The molecule has 0 amide bonds. The molecule has 0 saturated heterocycles. The Labute approximate surface area is 107 Å². The number of methoxy groups -OCH3 is 1. The molecule has 0 aliphatic carbocycles. The molecule has 0 aliphatic rings. The van der Waals surface area contributed by atoms with Crippen LogP contribution in [0.1, 0.15) is 12.5 Å². The molecule has 0 heterocycles. The third-order valence-electron chi connectivity index (χ3n) is 2.74. The Balaban J connectivity index is 2.37. The highest BCUT2D eigenvalue weighted by atomic mass is 16.5. The summed E-state index contributed by atoms with van der Waals surface area (Å²) >= 11 is 0. The van der Waals surface area contributed by atoms with Gasteiger partial charge in [-0.2, -0.15) is 0 Å². The highest BCUT2D eigenvalue weighted by molar-refractivity contribution is 5.26. The summed E-state index contributed by atoms with van der Waals surface area (Å²) in [7, 11) is 1.60. The Morgan fingerprint density at radius 2 is 1.89 bits per heavy atom. The van der Waals surface area contributed by atoms with Crippen LogP contribution in [0.4, 0.5) is 0 Å². The summed E-state index contributed by atoms with van der Waals surface area (Å²) in [4.78, 5) is 0. The molecule has 3 N–H and O–H groups in total. The normalized spacial score (nSPS) is 16.1. The minimum Gasteiger partial charge on any atom is -0.497 e. The lowest BCUT2D eigenvalue weighted by Gasteiger charge is -2.26. The van der Waals surface area contributed by atoms with Gasteiger partial charge in [-0.15, -0.1) is 0 Å². The van der Waals surface area contributed by atoms with Crippen molar-refractivity contribution in [2.24, 2.45) is 0 Å². The number of benzene rings is 1. The van der Waals surface area contributed by atoms with Gasteiger partial charge in [-0.25, -0.2) is 0 Å². The van der Waals surface area contributed by atoms with Gasteiger partial charge in [0.2, 0.25) is 0 Å². The van der Waals surface area contributed by atoms with Crippen molar-refractivity contribution in [2.75, 3.05) is 20.3 Å². The zero-order chi connectivity index (χ0) is 13.6. The van der Waals surface area contributed by atoms with Crippen molar-refractivity contribution >= 4 is 0 Å². The highest BCUT2D eigenvalue weighted by Crippen LogP contribution is 2.13. The predicted molar refractivity (Wildman–Crippen MR) is 66.4 cm³/mol. The summed E-state index contributed by atoms with van der Waals surface area (Å²) < 4.78 is 10.3. The van der Waals surface area contributed by atoms with Crippen LogP contribution >= 0.6 is 0 Å². The third-order valence-corrected chi connectivity index (χ3v) is 2.74. The second-order valence-corrected chi connectivity index (χ2v) is 4.39. The number of aliphatic hydroxyl groups is 3. The predicted octanol–water partition coefficient (Wildman–Crippen LogP) is 0.316. The second-order valence-electron chi connectivity index (χ2n) is 4.39. The Morgan fingerprint density at radius 1 is 1.28 bits per heavy atom. The molecule has 0 spiro atoms. The Bertz CT molecular complexity index is 347. The van der Waals surface area contributed by atoms with Crippen LogP contribution in [0.3, 0.4) is 0 Å². The van der Waals surface area contributed by atoms with Crippen LogP contribution in [-0.2, 0) is 11.3 Å². The number of hydrogen-bond donors (Lipinski definition) is 3. The van der Waals surface area contributed by atoms with E-state index >= 15 is 0 Å². The van der Waals surface area contributed by atoms with E-state index in [-0.39, 0.29) is 6.61 Å². The molecule has 0 aliphatic heterocycles. The first-order valence-electron chi connectivity index (χ1n) is 5.71. The summed E-state index contributed by atoms with van der Waals surface area (Å²) in [5.41, 5.74) is -0.605. The van der Waals surface area contributed by atoms with Crippen LogP contribution in [0.2, 0.25) is 0 Å². The van der Waals surface area contributed by atoms with Crippen LogP contribution in [0.25, 0.3) is 0 Å². The van der Waals surface area contributed by atoms with Crippen LogP contribution in [0.15, 0.2) is 24.3 Å². The molecular formula is C13H20O5. The average Bonchev–Trinajstić information content (AvgIpc) is 2.39. The van der Waals surface area contributed by atoms with E-state index < -0.39 is 18.3 Å². The standard InChI is InChI=1S/C13H20O5/c1-13(16,9-14)12(15)8-18-7-10-3-5-11(17-2)6-4-10/h3-6,12,14-16H,7-9H2,1-2H3/t12-,13+/m1/s1. The number of hydrogen-bond acceptors (Lipinski definition) is 5. The maximum absolute atomic E-state index is 9.58. The van der Waals surface area contributed by atoms with E-state index in [0.717, 1.165) is 11.3 Å². The molecule has 0 unspecified atom stereocenters. The molecule has 0 fully saturated rings. The summed E-state index contributed by atoms with van der Waals surface area (Å²) in [6.07, 6.45) is -1.12. The fourth-order valence-corrected chi connectivity index (χ4v) is 1.30. The molecule has 1 rings (SSSR count). The van der Waals surface area contributed by atoms with Crippen molar-refractivity contribution in [3.05, 3.63) is 29.8 Å². The van der Waals surface area contributed by atoms with E-state index in [1.165, 1.54) is 6.92 Å². The van der Waals surface area contributed by atoms with E-state index in [1.807, 2.05) is 24.3 Å². The first-order chi connectivity index (χ1) is 8.49. The van der Waals surface area contributed by atoms with Crippen molar-refractivity contribution in [2.45, 2.75) is 25.2 Å². The summed E-state index contributed by atoms with van der Waals surface area (Å²) in [6.45, 7) is 1.12. The lowest BCUT2D eigenvalue weighted by atomic mass is 10.0. The van der Waals surface area contributed by atoms with E-state index in [0.29, 0.717) is 6.61 Å². The van der Waals surface area contributed by atoms with Gasteiger partial charge < -0.3 is 24.8 Å². The Morgan fingerprint density at radius 3 is 2.39 bits per heavy atom. The highest BCUT2D eigenvalue weighted by Gasteiger charge is 2.29. The summed E-state index contributed by atoms with van der Waals surface area (Å²) in [5, 5.41) is 28.0. The SMILES string of the molecule is COc1ccc(COC[C@@H](O)[C@@](C)(O)CO)cc1. The fraction of sp³-hybridized carbons (Fsp3) is 0.538. The second kappa shape index (κ2) is 6.70. The quantitative estimate of drug-likeness (QED) is 0.654. The Hall–Kier alpha value is -1.14. The van der Waals surface area contributed by atoms with Crippen molar-refractivity contribution < 1.29 is 24.8 Å². The minimum atomic E-state index is -1.54. The minimum absolute atomic E-state index is 0.0421. The third kappa shape index (κ3) is 4.27. The summed E-state index contributed by atoms with van der Waals surface area (Å²) in [5.74, 6) is 0.766. The van der Waals surface area contributed by atoms with Gasteiger partial charge in [0.1, 0.15) is 17.5 Å². The van der Waals surface area contributed by atoms with Crippen molar-refractivity contribution in [3.63, 3.8) is 0 Å². The first-order valence-corrected chi connectivity index (χ1v) is 5.71. The molecule has 102 valence electrons. The molecule has 5 heteroatoms. The van der Waals surface area contributed by atoms with Crippen molar-refractivity contribution in [3.8, 4) is 5.75 Å². The van der Waals surface area contributed by atoms with Gasteiger partial charge in [-0.05, 0) is 24.6 Å². The van der Waals surface area contributed by atoms with Gasteiger partial charge in [0, 0.05) is 0 Å². The number of rotatable bonds is 7. The van der Waals surface area contributed by atoms with Crippen LogP contribution < -0.4 is 4.74 Å². The van der Waals surface area contributed by atoms with Crippen LogP contribution in [-0.4, -0.2) is 47.3 Å². The number of aliphatic hydroxyl groups excluding tert-OH is 2. The van der Waals surface area contributed by atoms with Gasteiger partial charge in [0.15, 0.2) is 0 Å². The fourth-order valence-electron chi connectivity index (χ4n) is 1.30. The van der Waals surface area contributed by atoms with E-state index in [4.69, 9.17) is 14.6 Å². The first kappa shape index (κ1) is 14.9. The van der Waals surface area contributed by atoms with E-state index in [9.17, 15) is 10.2 Å². The lowest BCUT2D eigenvalue weighted by molar-refractivity contribution is -0.120. The zero-order valence-corrected chi connectivity index (χ0v) is 10.7. The van der Waals surface area contributed by atoms with Gasteiger partial charge in [0.05, 0.1) is 26.9 Å². The molecule has 1 aromatic rings. The van der Waals surface area contributed by atoms with Crippen molar-refractivity contribution in [1.82, 2.24) is 0 Å². The lowest BCUT2D eigenvalue weighted by Crippen LogP contribution is -2.45. The molecule has 1 aromatic carbocycles. The molecule has 0 saturated carbocycles. The molecular weight excluding hydrogens is 236 g/mol. The van der Waals surface area contributed by atoms with Gasteiger partial charge in [0.25, 0.3) is 0 Å². The Kier molecular flexibility index (Phi) is 5.55. The van der Waals surface area contributed by atoms with E-state index in [1.54, 1.807) is 7.11 Å². The summed E-state index contributed by atoms with van der Waals surface area (Å²) in [6, 6.07) is 7.35. The van der Waals surface area contributed by atoms with Gasteiger partial charge in [-0.1, -0.05) is 12.1 Å². The van der Waals surface area contributed by atoms with E-state index in [2.05, 4.69) is 0 Å². The molecule has 18 heavy (non-hydrogen) atoms. The van der Waals surface area contributed by atoms with Crippen LogP contribution in [0, 0.1) is 0 Å². The average molecular weight is 256 g/mol. The smallest absolute Gasteiger partial charge is 0.118 e. The van der Waals surface area contributed by atoms with Crippen molar-refractivity contribution in [1.29, 1.82) is 0 Å².